The molecule has 39 heavy (non-hydrogen) atoms. The number of halogens is 2. The van der Waals surface area contributed by atoms with E-state index in [0.717, 1.165) is 23.6 Å². The Morgan fingerprint density at radius 1 is 1.10 bits per heavy atom. The van der Waals surface area contributed by atoms with Crippen molar-refractivity contribution < 1.29 is 23.5 Å². The summed E-state index contributed by atoms with van der Waals surface area (Å²) in [6, 6.07) is 13.4. The van der Waals surface area contributed by atoms with Gasteiger partial charge in [0.05, 0.1) is 24.1 Å². The van der Waals surface area contributed by atoms with E-state index in [1.165, 1.54) is 22.6 Å². The number of rotatable bonds is 11. The second-order valence-electron chi connectivity index (χ2n) is 10.0. The summed E-state index contributed by atoms with van der Waals surface area (Å²) in [6.45, 7) is 2.72. The average Bonchev–Trinajstić information content (AvgIpc) is 3.22. The molecule has 1 aliphatic heterocycles. The lowest BCUT2D eigenvalue weighted by molar-refractivity contribution is -0.129. The largest absolute Gasteiger partial charge is 0.390 e. The van der Waals surface area contributed by atoms with Crippen molar-refractivity contribution in [3.8, 4) is 0 Å². The summed E-state index contributed by atoms with van der Waals surface area (Å²) in [5, 5.41) is 17.2. The Hall–Kier alpha value is -3.69. The van der Waals surface area contributed by atoms with Crippen LogP contribution < -0.4 is 10.6 Å². The van der Waals surface area contributed by atoms with Gasteiger partial charge in [-0.15, -0.1) is 0 Å². The highest BCUT2D eigenvalue weighted by Gasteiger charge is 2.43. The molecule has 206 valence electrons. The molecular weight excluding hydrogens is 502 g/mol. The van der Waals surface area contributed by atoms with E-state index in [9.17, 15) is 23.5 Å². The van der Waals surface area contributed by atoms with Crippen LogP contribution in [0.15, 0.2) is 67.0 Å². The van der Waals surface area contributed by atoms with E-state index in [4.69, 9.17) is 0 Å². The van der Waals surface area contributed by atoms with E-state index < -0.39 is 41.6 Å². The van der Waals surface area contributed by atoms with E-state index in [0.29, 0.717) is 12.1 Å². The Morgan fingerprint density at radius 3 is 2.54 bits per heavy atom. The van der Waals surface area contributed by atoms with Gasteiger partial charge in [0.25, 0.3) is 0 Å². The van der Waals surface area contributed by atoms with Crippen LogP contribution in [-0.4, -0.2) is 52.5 Å². The Labute approximate surface area is 227 Å². The summed E-state index contributed by atoms with van der Waals surface area (Å²) < 4.78 is 27.8. The van der Waals surface area contributed by atoms with Crippen LogP contribution in [0.2, 0.25) is 0 Å². The van der Waals surface area contributed by atoms with Crippen molar-refractivity contribution in [2.75, 3.05) is 13.6 Å². The molecule has 2 amide bonds. The molecule has 0 unspecified atom stereocenters. The lowest BCUT2D eigenvalue weighted by atomic mass is 9.92. The number of aromatic nitrogens is 1. The Balaban J connectivity index is 1.50. The third-order valence-corrected chi connectivity index (χ3v) is 7.20. The molecule has 1 fully saturated rings. The molecule has 1 aliphatic rings. The maximum absolute atomic E-state index is 13.9. The maximum Gasteiger partial charge on any atom is 0.226 e. The van der Waals surface area contributed by atoms with Crippen LogP contribution in [0.25, 0.3) is 0 Å². The predicted octanol–water partition coefficient (Wildman–Crippen LogP) is 3.32. The molecule has 0 bridgehead atoms. The zero-order chi connectivity index (χ0) is 27.9. The molecule has 0 spiro atoms. The number of carbonyl (C=O) groups excluding carboxylic acids is 2. The fourth-order valence-corrected chi connectivity index (χ4v) is 5.13. The Kier molecular flexibility index (Phi) is 9.37. The standard InChI is InChI=1S/C30H34F2N4O3/c1-3-19-6-4-7-20(10-19)16-34-18-27(37)26(13-21-11-23(31)14-24(32)12-21)35-30(39)25-15-28(38)36(2)29(25)22-8-5-9-33-17-22/h4-12,14,17,25-27,29,34,37H,3,13,15-16,18H2,1-2H3,(H,35,39)/t25-,26-,27-,29+/m0/s1. The van der Waals surface area contributed by atoms with E-state index in [-0.39, 0.29) is 25.3 Å². The third kappa shape index (κ3) is 7.25. The number of aliphatic hydroxyl groups excluding tert-OH is 1. The van der Waals surface area contributed by atoms with Gasteiger partial charge in [0.2, 0.25) is 11.8 Å². The van der Waals surface area contributed by atoms with Crippen molar-refractivity contribution in [3.63, 3.8) is 0 Å². The van der Waals surface area contributed by atoms with Gasteiger partial charge in [-0.2, -0.15) is 0 Å². The molecule has 0 saturated carbocycles. The third-order valence-electron chi connectivity index (χ3n) is 7.20. The van der Waals surface area contributed by atoms with Gasteiger partial charge in [-0.3, -0.25) is 14.6 Å². The maximum atomic E-state index is 13.9. The van der Waals surface area contributed by atoms with Crippen LogP contribution in [0.4, 0.5) is 8.78 Å². The van der Waals surface area contributed by atoms with Crippen LogP contribution >= 0.6 is 0 Å². The normalized spacial score (nSPS) is 18.7. The molecule has 0 aliphatic carbocycles. The van der Waals surface area contributed by atoms with Crippen molar-refractivity contribution in [2.45, 2.75) is 50.9 Å². The minimum Gasteiger partial charge on any atom is -0.390 e. The molecule has 9 heteroatoms. The van der Waals surface area contributed by atoms with Crippen LogP contribution in [0.3, 0.4) is 0 Å². The van der Waals surface area contributed by atoms with Gasteiger partial charge in [-0.05, 0) is 53.3 Å². The summed E-state index contributed by atoms with van der Waals surface area (Å²) in [5.41, 5.74) is 3.29. The lowest BCUT2D eigenvalue weighted by Crippen LogP contribution is -2.50. The SMILES string of the molecule is CCc1cccc(CNC[C@H](O)[C@H](Cc2cc(F)cc(F)c2)NC(=O)[C@H]2CC(=O)N(C)[C@@H]2c2cccnc2)c1. The molecule has 1 aromatic heterocycles. The number of aryl methyl sites for hydroxylation is 1. The van der Waals surface area contributed by atoms with Crippen molar-refractivity contribution in [2.24, 2.45) is 5.92 Å². The number of pyridine rings is 1. The zero-order valence-electron chi connectivity index (χ0n) is 22.1. The van der Waals surface area contributed by atoms with Crippen molar-refractivity contribution in [1.82, 2.24) is 20.5 Å². The smallest absolute Gasteiger partial charge is 0.226 e. The first-order valence-electron chi connectivity index (χ1n) is 13.1. The molecule has 3 N–H and O–H groups in total. The first kappa shape index (κ1) is 28.3. The number of nitrogens with one attached hydrogen (secondary N) is 2. The van der Waals surface area contributed by atoms with E-state index in [1.807, 2.05) is 24.3 Å². The van der Waals surface area contributed by atoms with Gasteiger partial charge in [-0.1, -0.05) is 37.3 Å². The number of hydrogen-bond acceptors (Lipinski definition) is 5. The number of likely N-dealkylation sites (tertiary alicyclic amines) is 1. The molecule has 3 aromatic rings. The number of aliphatic hydroxyl groups is 1. The predicted molar refractivity (Wildman–Crippen MR) is 143 cm³/mol. The lowest BCUT2D eigenvalue weighted by Gasteiger charge is -2.29. The molecule has 4 rings (SSSR count). The van der Waals surface area contributed by atoms with Crippen LogP contribution in [0.5, 0.6) is 0 Å². The fourth-order valence-electron chi connectivity index (χ4n) is 5.13. The molecule has 1 saturated heterocycles. The average molecular weight is 537 g/mol. The Bertz CT molecular complexity index is 1270. The highest BCUT2D eigenvalue weighted by atomic mass is 19.1. The summed E-state index contributed by atoms with van der Waals surface area (Å²) in [5.74, 6) is -2.78. The topological polar surface area (TPSA) is 94.6 Å². The molecule has 4 atom stereocenters. The van der Waals surface area contributed by atoms with E-state index >= 15 is 0 Å². The highest BCUT2D eigenvalue weighted by molar-refractivity contribution is 5.90. The van der Waals surface area contributed by atoms with Crippen molar-refractivity contribution in [1.29, 1.82) is 0 Å². The van der Waals surface area contributed by atoms with Gasteiger partial charge in [0.15, 0.2) is 0 Å². The monoisotopic (exact) mass is 536 g/mol. The van der Waals surface area contributed by atoms with Crippen LogP contribution in [0, 0.1) is 17.6 Å². The van der Waals surface area contributed by atoms with Gasteiger partial charge < -0.3 is 20.6 Å². The Morgan fingerprint density at radius 2 is 1.85 bits per heavy atom. The number of benzene rings is 2. The number of nitrogens with zero attached hydrogens (tertiary/aromatic N) is 2. The number of amides is 2. The summed E-state index contributed by atoms with van der Waals surface area (Å²) in [6.07, 6.45) is 3.09. The molecule has 2 aromatic carbocycles. The minimum absolute atomic E-state index is 0.00263. The summed E-state index contributed by atoms with van der Waals surface area (Å²) in [4.78, 5) is 31.8. The summed E-state index contributed by atoms with van der Waals surface area (Å²) in [7, 11) is 1.65. The van der Waals surface area contributed by atoms with Crippen molar-refractivity contribution in [3.05, 3.63) is 101 Å². The molecular formula is C30H34F2N4O3. The van der Waals surface area contributed by atoms with E-state index in [1.54, 1.807) is 25.5 Å². The first-order chi connectivity index (χ1) is 18.7. The quantitative estimate of drug-likeness (QED) is 0.350. The van der Waals surface area contributed by atoms with E-state index in [2.05, 4.69) is 28.6 Å². The van der Waals surface area contributed by atoms with Gasteiger partial charge in [-0.25, -0.2) is 8.78 Å². The van der Waals surface area contributed by atoms with Crippen molar-refractivity contribution >= 4 is 11.8 Å². The second-order valence-corrected chi connectivity index (χ2v) is 10.0. The number of hydrogen-bond donors (Lipinski definition) is 3. The van der Waals surface area contributed by atoms with Gasteiger partial charge in [0, 0.05) is 45.0 Å². The molecule has 2 heterocycles. The summed E-state index contributed by atoms with van der Waals surface area (Å²) >= 11 is 0. The first-order valence-corrected chi connectivity index (χ1v) is 13.1. The minimum atomic E-state index is -1.07. The van der Waals surface area contributed by atoms with Gasteiger partial charge >= 0.3 is 0 Å². The highest BCUT2D eigenvalue weighted by Crippen LogP contribution is 2.37. The molecule has 0 radical (unpaired) electrons. The molecule has 7 nitrogen and oxygen atoms in total. The second kappa shape index (κ2) is 12.9. The van der Waals surface area contributed by atoms with Crippen LogP contribution in [0.1, 0.15) is 41.6 Å². The zero-order valence-corrected chi connectivity index (χ0v) is 22.1. The fraction of sp³-hybridized carbons (Fsp3) is 0.367. The number of carbonyl (C=O) groups is 2. The van der Waals surface area contributed by atoms with Gasteiger partial charge in [0.1, 0.15) is 11.6 Å². The van der Waals surface area contributed by atoms with Crippen LogP contribution in [-0.2, 0) is 29.0 Å².